The molecule has 2 atom stereocenters. The summed E-state index contributed by atoms with van der Waals surface area (Å²) in [4.78, 5) is 2.26. The fourth-order valence-corrected chi connectivity index (χ4v) is 3.81. The van der Waals surface area contributed by atoms with Gasteiger partial charge >= 0.3 is 0 Å². The molecule has 0 unspecified atom stereocenters. The predicted octanol–water partition coefficient (Wildman–Crippen LogP) is 4.84. The van der Waals surface area contributed by atoms with E-state index in [1.54, 1.807) is 0 Å². The average molecular weight is 462 g/mol. The van der Waals surface area contributed by atoms with Gasteiger partial charge in [0.1, 0.15) is 12.4 Å². The van der Waals surface area contributed by atoms with Crippen LogP contribution in [0.15, 0.2) is 60.7 Å². The van der Waals surface area contributed by atoms with Gasteiger partial charge in [0.05, 0.1) is 29.7 Å². The molecule has 34 heavy (non-hydrogen) atoms. The highest BCUT2D eigenvalue weighted by atomic mass is 16.5. The van der Waals surface area contributed by atoms with Crippen molar-refractivity contribution in [2.75, 3.05) is 19.8 Å². The SMILES string of the molecule is C#CCOC[C@H](O)CN(Cc1c(CC)nn(-c2ccccc2)c1Oc1ccccc1)[C@H](C)CC. The van der Waals surface area contributed by atoms with E-state index in [0.29, 0.717) is 19.0 Å². The molecule has 0 saturated carbocycles. The fraction of sp³-hybridized carbons (Fsp3) is 0.393. The highest BCUT2D eigenvalue weighted by molar-refractivity contribution is 5.43. The molecule has 0 amide bonds. The molecule has 6 heteroatoms. The van der Waals surface area contributed by atoms with Crippen LogP contribution in [-0.4, -0.2) is 51.7 Å². The number of aliphatic hydroxyl groups is 1. The van der Waals surface area contributed by atoms with E-state index in [0.717, 1.165) is 35.5 Å². The third kappa shape index (κ3) is 6.71. The predicted molar refractivity (Wildman–Crippen MR) is 135 cm³/mol. The first-order valence-electron chi connectivity index (χ1n) is 11.9. The summed E-state index contributed by atoms with van der Waals surface area (Å²) in [7, 11) is 0. The fourth-order valence-electron chi connectivity index (χ4n) is 3.81. The molecule has 1 heterocycles. The lowest BCUT2D eigenvalue weighted by molar-refractivity contribution is 0.0168. The minimum absolute atomic E-state index is 0.194. The van der Waals surface area contributed by atoms with Crippen molar-refractivity contribution in [3.63, 3.8) is 0 Å². The van der Waals surface area contributed by atoms with Crippen LogP contribution in [-0.2, 0) is 17.7 Å². The molecular formula is C28H35N3O3. The van der Waals surface area contributed by atoms with Gasteiger partial charge in [-0.15, -0.1) is 6.42 Å². The number of hydrogen-bond acceptors (Lipinski definition) is 5. The number of aryl methyl sites for hydroxylation is 1. The monoisotopic (exact) mass is 461 g/mol. The van der Waals surface area contributed by atoms with E-state index in [9.17, 15) is 5.11 Å². The highest BCUT2D eigenvalue weighted by Crippen LogP contribution is 2.32. The van der Waals surface area contributed by atoms with Gasteiger partial charge in [0, 0.05) is 19.1 Å². The second-order valence-corrected chi connectivity index (χ2v) is 8.31. The zero-order valence-corrected chi connectivity index (χ0v) is 20.4. The smallest absolute Gasteiger partial charge is 0.227 e. The topological polar surface area (TPSA) is 59.8 Å². The first-order valence-corrected chi connectivity index (χ1v) is 11.9. The summed E-state index contributed by atoms with van der Waals surface area (Å²) in [6.45, 7) is 7.87. The van der Waals surface area contributed by atoms with Gasteiger partial charge in [-0.2, -0.15) is 5.10 Å². The minimum Gasteiger partial charge on any atom is -0.439 e. The molecule has 0 radical (unpaired) electrons. The van der Waals surface area contributed by atoms with Gasteiger partial charge in [-0.1, -0.05) is 56.2 Å². The van der Waals surface area contributed by atoms with Crippen molar-refractivity contribution < 1.29 is 14.6 Å². The Morgan fingerprint density at radius 1 is 1.09 bits per heavy atom. The number of para-hydroxylation sites is 2. The highest BCUT2D eigenvalue weighted by Gasteiger charge is 2.25. The average Bonchev–Trinajstić information content (AvgIpc) is 3.21. The van der Waals surface area contributed by atoms with Crippen LogP contribution in [0.5, 0.6) is 11.6 Å². The number of benzene rings is 2. The number of aromatic nitrogens is 2. The summed E-state index contributed by atoms with van der Waals surface area (Å²) in [5, 5.41) is 15.5. The van der Waals surface area contributed by atoms with E-state index < -0.39 is 6.10 Å². The Labute approximate surface area is 203 Å². The zero-order valence-electron chi connectivity index (χ0n) is 20.4. The maximum Gasteiger partial charge on any atom is 0.227 e. The lowest BCUT2D eigenvalue weighted by Crippen LogP contribution is -2.40. The molecule has 0 bridgehead atoms. The molecule has 1 aromatic heterocycles. The van der Waals surface area contributed by atoms with Gasteiger partial charge in [0.15, 0.2) is 0 Å². The van der Waals surface area contributed by atoms with Crippen molar-refractivity contribution in [1.82, 2.24) is 14.7 Å². The second kappa shape index (κ2) is 13.0. The molecule has 1 N–H and O–H groups in total. The number of nitrogens with zero attached hydrogens (tertiary/aromatic N) is 3. The Morgan fingerprint density at radius 2 is 1.76 bits per heavy atom. The molecule has 0 aliphatic heterocycles. The van der Waals surface area contributed by atoms with Crippen LogP contribution in [0.25, 0.3) is 5.69 Å². The second-order valence-electron chi connectivity index (χ2n) is 8.31. The zero-order chi connectivity index (χ0) is 24.3. The van der Waals surface area contributed by atoms with Crippen molar-refractivity contribution in [3.05, 3.63) is 71.9 Å². The van der Waals surface area contributed by atoms with E-state index in [1.807, 2.05) is 65.3 Å². The van der Waals surface area contributed by atoms with E-state index in [4.69, 9.17) is 21.0 Å². The van der Waals surface area contributed by atoms with Crippen LogP contribution in [0.2, 0.25) is 0 Å². The van der Waals surface area contributed by atoms with Crippen LogP contribution >= 0.6 is 0 Å². The normalized spacial score (nSPS) is 12.9. The number of ether oxygens (including phenoxy) is 2. The Morgan fingerprint density at radius 3 is 2.38 bits per heavy atom. The number of terminal acetylenes is 1. The van der Waals surface area contributed by atoms with Crippen molar-refractivity contribution in [1.29, 1.82) is 0 Å². The Balaban J connectivity index is 1.98. The van der Waals surface area contributed by atoms with Crippen LogP contribution in [0.3, 0.4) is 0 Å². The van der Waals surface area contributed by atoms with Gasteiger partial charge < -0.3 is 14.6 Å². The summed E-state index contributed by atoms with van der Waals surface area (Å²) in [6.07, 6.45) is 6.33. The van der Waals surface area contributed by atoms with Crippen LogP contribution < -0.4 is 4.74 Å². The summed E-state index contributed by atoms with van der Waals surface area (Å²) in [5.41, 5.74) is 2.93. The van der Waals surface area contributed by atoms with Crippen LogP contribution in [0, 0.1) is 12.3 Å². The van der Waals surface area contributed by atoms with Crippen LogP contribution in [0.4, 0.5) is 0 Å². The van der Waals surface area contributed by atoms with Gasteiger partial charge in [-0.3, -0.25) is 4.90 Å². The lowest BCUT2D eigenvalue weighted by atomic mass is 10.1. The molecule has 6 nitrogen and oxygen atoms in total. The molecule has 180 valence electrons. The quantitative estimate of drug-likeness (QED) is 0.292. The van der Waals surface area contributed by atoms with Crippen molar-refractivity contribution >= 4 is 0 Å². The maximum atomic E-state index is 10.6. The molecule has 0 saturated heterocycles. The molecule has 0 aliphatic carbocycles. The Hall–Kier alpha value is -3.11. The third-order valence-corrected chi connectivity index (χ3v) is 5.83. The van der Waals surface area contributed by atoms with E-state index >= 15 is 0 Å². The Kier molecular flexibility index (Phi) is 9.72. The third-order valence-electron chi connectivity index (χ3n) is 5.83. The van der Waals surface area contributed by atoms with E-state index in [2.05, 4.69) is 31.6 Å². The first-order chi connectivity index (χ1) is 16.6. The maximum absolute atomic E-state index is 10.6. The van der Waals surface area contributed by atoms with Crippen molar-refractivity contribution in [3.8, 4) is 29.7 Å². The molecule has 0 fully saturated rings. The van der Waals surface area contributed by atoms with E-state index in [1.165, 1.54) is 0 Å². The van der Waals surface area contributed by atoms with Gasteiger partial charge in [-0.05, 0) is 44.0 Å². The van der Waals surface area contributed by atoms with Crippen molar-refractivity contribution in [2.45, 2.75) is 52.3 Å². The van der Waals surface area contributed by atoms with Gasteiger partial charge in [0.2, 0.25) is 5.88 Å². The summed E-state index contributed by atoms with van der Waals surface area (Å²) >= 11 is 0. The number of aliphatic hydroxyl groups excluding tert-OH is 1. The van der Waals surface area contributed by atoms with Gasteiger partial charge in [-0.25, -0.2) is 4.68 Å². The molecular weight excluding hydrogens is 426 g/mol. The molecule has 2 aromatic carbocycles. The lowest BCUT2D eigenvalue weighted by Gasteiger charge is -2.30. The summed E-state index contributed by atoms with van der Waals surface area (Å²) in [6, 6.07) is 20.0. The molecule has 0 spiro atoms. The van der Waals surface area contributed by atoms with E-state index in [-0.39, 0.29) is 19.3 Å². The first kappa shape index (κ1) is 25.5. The molecule has 3 rings (SSSR count). The van der Waals surface area contributed by atoms with Crippen LogP contribution in [0.1, 0.15) is 38.4 Å². The molecule has 0 aliphatic rings. The minimum atomic E-state index is -0.643. The Bertz CT molecular complexity index is 1040. The van der Waals surface area contributed by atoms with Crippen molar-refractivity contribution in [2.24, 2.45) is 0 Å². The molecule has 3 aromatic rings. The van der Waals surface area contributed by atoms with Gasteiger partial charge in [0.25, 0.3) is 0 Å². The number of hydrogen-bond donors (Lipinski definition) is 1. The summed E-state index contributed by atoms with van der Waals surface area (Å²) in [5.74, 6) is 3.89. The standard InChI is InChI=1S/C28H35N3O3/c1-5-18-33-21-24(32)19-30(22(4)6-2)20-26-27(7-3)29-31(23-14-10-8-11-15-23)28(26)34-25-16-12-9-13-17-25/h1,8-17,22,24,32H,6-7,18-21H2,2-4H3/t22-,24-/m1/s1. The number of rotatable bonds is 13. The largest absolute Gasteiger partial charge is 0.439 e. The summed E-state index contributed by atoms with van der Waals surface area (Å²) < 4.78 is 13.7.